The summed E-state index contributed by atoms with van der Waals surface area (Å²) in [6.07, 6.45) is 1.55. The van der Waals surface area contributed by atoms with E-state index in [0.29, 0.717) is 22.4 Å². The number of rotatable bonds is 5. The third-order valence-corrected chi connectivity index (χ3v) is 5.32. The molecule has 7 heteroatoms. The number of aryl methyl sites for hydroxylation is 1. The van der Waals surface area contributed by atoms with E-state index in [1.165, 1.54) is 0 Å². The van der Waals surface area contributed by atoms with Crippen LogP contribution in [0.3, 0.4) is 0 Å². The fourth-order valence-electron chi connectivity index (χ4n) is 3.46. The van der Waals surface area contributed by atoms with Gasteiger partial charge in [-0.15, -0.1) is 0 Å². The third kappa shape index (κ3) is 4.82. The lowest BCUT2D eigenvalue weighted by molar-refractivity contribution is 0.102. The summed E-state index contributed by atoms with van der Waals surface area (Å²) in [5.41, 5.74) is 4.05. The molecular formula is C21H27ClN4O2. The molecule has 3 rings (SSSR count). The zero-order valence-electron chi connectivity index (χ0n) is 16.8. The Morgan fingerprint density at radius 2 is 2.18 bits per heavy atom. The number of benzene rings is 1. The minimum absolute atomic E-state index is 0.238. The number of nitrogens with zero attached hydrogens (tertiary/aromatic N) is 2. The monoisotopic (exact) mass is 402 g/mol. The second-order valence-corrected chi connectivity index (χ2v) is 7.73. The highest BCUT2D eigenvalue weighted by atomic mass is 35.5. The number of methoxy groups -OCH3 is 1. The molecular weight excluding hydrogens is 376 g/mol. The van der Waals surface area contributed by atoms with E-state index < -0.39 is 0 Å². The van der Waals surface area contributed by atoms with Crippen LogP contribution >= 0.6 is 11.6 Å². The molecule has 1 saturated heterocycles. The van der Waals surface area contributed by atoms with Crippen molar-refractivity contribution in [1.29, 1.82) is 0 Å². The lowest BCUT2D eigenvalue weighted by atomic mass is 10.0. The summed E-state index contributed by atoms with van der Waals surface area (Å²) in [5.74, 6) is 0.349. The number of hydrogen-bond acceptors (Lipinski definition) is 5. The molecule has 1 aliphatic rings. The number of piperazine rings is 1. The molecule has 28 heavy (non-hydrogen) atoms. The van der Waals surface area contributed by atoms with Crippen molar-refractivity contribution in [3.05, 3.63) is 51.8 Å². The van der Waals surface area contributed by atoms with Crippen LogP contribution in [0.25, 0.3) is 0 Å². The molecule has 6 nitrogen and oxygen atoms in total. The van der Waals surface area contributed by atoms with Crippen molar-refractivity contribution in [2.45, 2.75) is 33.4 Å². The van der Waals surface area contributed by atoms with E-state index in [2.05, 4.69) is 27.4 Å². The molecule has 1 unspecified atom stereocenters. The smallest absolute Gasteiger partial charge is 0.257 e. The Morgan fingerprint density at radius 1 is 1.39 bits per heavy atom. The van der Waals surface area contributed by atoms with Gasteiger partial charge in [-0.3, -0.25) is 14.7 Å². The summed E-state index contributed by atoms with van der Waals surface area (Å²) >= 11 is 6.35. The molecule has 0 aliphatic carbocycles. The molecule has 0 saturated carbocycles. The van der Waals surface area contributed by atoms with Gasteiger partial charge >= 0.3 is 0 Å². The largest absolute Gasteiger partial charge is 0.495 e. The molecule has 1 aromatic carbocycles. The van der Waals surface area contributed by atoms with Crippen LogP contribution < -0.4 is 15.4 Å². The number of halogens is 1. The predicted molar refractivity (Wildman–Crippen MR) is 112 cm³/mol. The number of nitrogens with one attached hydrogen (secondary N) is 2. The first-order valence-corrected chi connectivity index (χ1v) is 9.82. The molecule has 1 atom stereocenters. The second kappa shape index (κ2) is 8.90. The van der Waals surface area contributed by atoms with Gasteiger partial charge in [0.05, 0.1) is 18.4 Å². The van der Waals surface area contributed by atoms with E-state index in [0.717, 1.165) is 48.7 Å². The molecule has 1 amide bonds. The zero-order chi connectivity index (χ0) is 20.3. The number of aromatic nitrogens is 1. The molecule has 1 aliphatic heterocycles. The number of pyridine rings is 1. The lowest BCUT2D eigenvalue weighted by Crippen LogP contribution is -2.48. The van der Waals surface area contributed by atoms with Gasteiger partial charge in [0.2, 0.25) is 0 Å². The van der Waals surface area contributed by atoms with Crippen molar-refractivity contribution >= 4 is 23.2 Å². The Labute approximate surface area is 171 Å². The minimum atomic E-state index is -0.238. The predicted octanol–water partition coefficient (Wildman–Crippen LogP) is 3.41. The summed E-state index contributed by atoms with van der Waals surface area (Å²) in [6, 6.07) is 5.93. The Hall–Kier alpha value is -2.15. The molecule has 0 bridgehead atoms. The van der Waals surface area contributed by atoms with E-state index in [1.807, 2.05) is 19.9 Å². The van der Waals surface area contributed by atoms with Gasteiger partial charge in [0.1, 0.15) is 5.75 Å². The van der Waals surface area contributed by atoms with Crippen LogP contribution in [-0.2, 0) is 6.54 Å². The van der Waals surface area contributed by atoms with Crippen molar-refractivity contribution < 1.29 is 9.53 Å². The van der Waals surface area contributed by atoms with Gasteiger partial charge < -0.3 is 15.4 Å². The fourth-order valence-corrected chi connectivity index (χ4v) is 3.71. The number of carbonyl (C=O) groups excluding carboxylic acids is 1. The maximum absolute atomic E-state index is 12.7. The van der Waals surface area contributed by atoms with Crippen LogP contribution in [0.5, 0.6) is 5.75 Å². The first kappa shape index (κ1) is 20.6. The van der Waals surface area contributed by atoms with Crippen LogP contribution in [0.2, 0.25) is 5.02 Å². The quantitative estimate of drug-likeness (QED) is 0.802. The molecule has 150 valence electrons. The van der Waals surface area contributed by atoms with Crippen molar-refractivity contribution in [2.75, 3.05) is 32.1 Å². The van der Waals surface area contributed by atoms with E-state index >= 15 is 0 Å². The third-order valence-electron chi connectivity index (χ3n) is 5.10. The number of ether oxygens (including phenoxy) is 1. The van der Waals surface area contributed by atoms with E-state index in [-0.39, 0.29) is 5.91 Å². The fraction of sp³-hybridized carbons (Fsp3) is 0.429. The molecule has 0 spiro atoms. The van der Waals surface area contributed by atoms with Gasteiger partial charge in [-0.1, -0.05) is 11.6 Å². The van der Waals surface area contributed by atoms with Gasteiger partial charge in [-0.25, -0.2) is 0 Å². The Balaban J connectivity index is 1.80. The van der Waals surface area contributed by atoms with Crippen LogP contribution in [-0.4, -0.2) is 48.6 Å². The highest BCUT2D eigenvalue weighted by Gasteiger charge is 2.18. The van der Waals surface area contributed by atoms with Crippen molar-refractivity contribution in [1.82, 2.24) is 15.2 Å². The molecule has 2 heterocycles. The molecule has 0 radical (unpaired) electrons. The number of hydrogen-bond donors (Lipinski definition) is 2. The summed E-state index contributed by atoms with van der Waals surface area (Å²) in [5, 5.41) is 7.04. The second-order valence-electron chi connectivity index (χ2n) is 7.29. The summed E-state index contributed by atoms with van der Waals surface area (Å²) < 4.78 is 5.27. The molecule has 1 fully saturated rings. The average Bonchev–Trinajstić information content (AvgIpc) is 2.65. The van der Waals surface area contributed by atoms with Crippen LogP contribution in [0.1, 0.15) is 34.1 Å². The van der Waals surface area contributed by atoms with Gasteiger partial charge in [-0.2, -0.15) is 0 Å². The topological polar surface area (TPSA) is 66.5 Å². The SMILES string of the molecule is COc1cc(C(=O)Nc2cc(Cl)cc(CN3CCNC(C)C3)c2C)cnc1C. The number of amides is 1. The van der Waals surface area contributed by atoms with Crippen molar-refractivity contribution in [3.8, 4) is 5.75 Å². The Bertz CT molecular complexity index is 872. The highest BCUT2D eigenvalue weighted by molar-refractivity contribution is 6.31. The summed E-state index contributed by atoms with van der Waals surface area (Å²) in [7, 11) is 1.57. The van der Waals surface area contributed by atoms with Crippen molar-refractivity contribution in [2.24, 2.45) is 0 Å². The van der Waals surface area contributed by atoms with Crippen molar-refractivity contribution in [3.63, 3.8) is 0 Å². The first-order valence-electron chi connectivity index (χ1n) is 9.44. The van der Waals surface area contributed by atoms with E-state index in [9.17, 15) is 4.79 Å². The zero-order valence-corrected chi connectivity index (χ0v) is 17.6. The average molecular weight is 403 g/mol. The van der Waals surface area contributed by atoms with Gasteiger partial charge in [0, 0.05) is 49.1 Å². The lowest BCUT2D eigenvalue weighted by Gasteiger charge is -2.32. The number of anilines is 1. The molecule has 1 aromatic heterocycles. The highest BCUT2D eigenvalue weighted by Crippen LogP contribution is 2.27. The minimum Gasteiger partial charge on any atom is -0.495 e. The van der Waals surface area contributed by atoms with Gasteiger partial charge in [0.25, 0.3) is 5.91 Å². The standard InChI is InChI=1S/C21H27ClN4O2/c1-13-11-26(6-5-23-13)12-17-7-18(22)9-19(14(17)2)25-21(27)16-8-20(28-4)15(3)24-10-16/h7-10,13,23H,5-6,11-12H2,1-4H3,(H,25,27). The van der Waals surface area contributed by atoms with E-state index in [1.54, 1.807) is 25.4 Å². The van der Waals surface area contributed by atoms with E-state index in [4.69, 9.17) is 16.3 Å². The summed E-state index contributed by atoms with van der Waals surface area (Å²) in [4.78, 5) is 19.4. The maximum atomic E-state index is 12.7. The Kier molecular flexibility index (Phi) is 6.54. The normalized spacial score (nSPS) is 17.4. The van der Waals surface area contributed by atoms with Gasteiger partial charge in [0.15, 0.2) is 0 Å². The van der Waals surface area contributed by atoms with Crippen LogP contribution in [0.15, 0.2) is 24.4 Å². The maximum Gasteiger partial charge on any atom is 0.257 e. The molecule has 2 aromatic rings. The summed E-state index contributed by atoms with van der Waals surface area (Å²) in [6.45, 7) is 9.81. The molecule has 2 N–H and O–H groups in total. The number of carbonyl (C=O) groups is 1. The van der Waals surface area contributed by atoms with Crippen LogP contribution in [0, 0.1) is 13.8 Å². The van der Waals surface area contributed by atoms with Crippen LogP contribution in [0.4, 0.5) is 5.69 Å². The Morgan fingerprint density at radius 3 is 2.89 bits per heavy atom. The van der Waals surface area contributed by atoms with Gasteiger partial charge in [-0.05, 0) is 50.1 Å². The first-order chi connectivity index (χ1) is 13.4.